The fourth-order valence-corrected chi connectivity index (χ4v) is 2.90. The van der Waals surface area contributed by atoms with Crippen LogP contribution in [0.2, 0.25) is 0 Å². The molecular formula is C19H17Cl. The molecule has 1 unspecified atom stereocenters. The second-order valence-electron chi connectivity index (χ2n) is 5.27. The lowest BCUT2D eigenvalue weighted by Crippen LogP contribution is -1.96. The SMILES string of the molecule is Cc1ccc(C(Cl)c2cccc3ccccc23)cc1C. The molecule has 0 saturated heterocycles. The van der Waals surface area contributed by atoms with E-state index >= 15 is 0 Å². The van der Waals surface area contributed by atoms with E-state index in [0.29, 0.717) is 0 Å². The summed E-state index contributed by atoms with van der Waals surface area (Å²) in [4.78, 5) is 0. The van der Waals surface area contributed by atoms with Crippen molar-refractivity contribution in [2.75, 3.05) is 0 Å². The summed E-state index contributed by atoms with van der Waals surface area (Å²) in [6, 6.07) is 21.2. The zero-order valence-electron chi connectivity index (χ0n) is 11.7. The second kappa shape index (κ2) is 5.30. The number of alkyl halides is 1. The molecule has 3 aromatic carbocycles. The van der Waals surface area contributed by atoms with E-state index in [1.807, 2.05) is 0 Å². The highest BCUT2D eigenvalue weighted by molar-refractivity contribution is 6.23. The minimum atomic E-state index is -0.111. The third-order valence-corrected chi connectivity index (χ3v) is 4.41. The first-order valence-corrected chi connectivity index (χ1v) is 7.29. The molecule has 0 N–H and O–H groups in total. The Morgan fingerprint density at radius 1 is 0.800 bits per heavy atom. The molecule has 0 spiro atoms. The van der Waals surface area contributed by atoms with Crippen LogP contribution in [0.25, 0.3) is 10.8 Å². The number of hydrogen-bond acceptors (Lipinski definition) is 0. The lowest BCUT2D eigenvalue weighted by Gasteiger charge is -2.14. The van der Waals surface area contributed by atoms with Crippen LogP contribution in [0.4, 0.5) is 0 Å². The van der Waals surface area contributed by atoms with Crippen molar-refractivity contribution in [2.24, 2.45) is 0 Å². The van der Waals surface area contributed by atoms with Crippen molar-refractivity contribution in [3.05, 3.63) is 82.9 Å². The van der Waals surface area contributed by atoms with Gasteiger partial charge in [0.25, 0.3) is 0 Å². The average molecular weight is 281 g/mol. The topological polar surface area (TPSA) is 0 Å². The minimum absolute atomic E-state index is 0.111. The Balaban J connectivity index is 2.12. The average Bonchev–Trinajstić information content (AvgIpc) is 2.49. The molecule has 3 rings (SSSR count). The first kappa shape index (κ1) is 13.2. The lowest BCUT2D eigenvalue weighted by molar-refractivity contribution is 1.14. The summed E-state index contributed by atoms with van der Waals surface area (Å²) in [5.74, 6) is 0. The van der Waals surface area contributed by atoms with Gasteiger partial charge in [-0.25, -0.2) is 0 Å². The number of benzene rings is 3. The molecule has 0 fully saturated rings. The van der Waals surface area contributed by atoms with E-state index in [2.05, 4.69) is 74.5 Å². The Morgan fingerprint density at radius 2 is 1.55 bits per heavy atom. The van der Waals surface area contributed by atoms with Crippen molar-refractivity contribution in [1.82, 2.24) is 0 Å². The van der Waals surface area contributed by atoms with E-state index in [1.54, 1.807) is 0 Å². The maximum Gasteiger partial charge on any atom is 0.0841 e. The van der Waals surface area contributed by atoms with E-state index in [1.165, 1.54) is 27.5 Å². The molecule has 0 aromatic heterocycles. The van der Waals surface area contributed by atoms with E-state index in [9.17, 15) is 0 Å². The van der Waals surface area contributed by atoms with Crippen LogP contribution in [0.15, 0.2) is 60.7 Å². The number of aryl methyl sites for hydroxylation is 2. The van der Waals surface area contributed by atoms with Crippen molar-refractivity contribution < 1.29 is 0 Å². The second-order valence-corrected chi connectivity index (χ2v) is 5.71. The van der Waals surface area contributed by atoms with Crippen LogP contribution in [-0.2, 0) is 0 Å². The van der Waals surface area contributed by atoms with Crippen molar-refractivity contribution in [2.45, 2.75) is 19.2 Å². The number of rotatable bonds is 2. The van der Waals surface area contributed by atoms with E-state index in [0.717, 1.165) is 5.56 Å². The molecular weight excluding hydrogens is 264 g/mol. The molecule has 20 heavy (non-hydrogen) atoms. The quantitative estimate of drug-likeness (QED) is 0.522. The Morgan fingerprint density at radius 3 is 2.35 bits per heavy atom. The Hall–Kier alpha value is -1.79. The van der Waals surface area contributed by atoms with Crippen LogP contribution in [0.3, 0.4) is 0 Å². The van der Waals surface area contributed by atoms with Crippen LogP contribution < -0.4 is 0 Å². The molecule has 1 heteroatoms. The smallest absolute Gasteiger partial charge is 0.0841 e. The molecule has 0 amide bonds. The molecule has 0 aliphatic heterocycles. The van der Waals surface area contributed by atoms with Crippen LogP contribution in [0.5, 0.6) is 0 Å². The van der Waals surface area contributed by atoms with Crippen LogP contribution in [-0.4, -0.2) is 0 Å². The van der Waals surface area contributed by atoms with Gasteiger partial charge in [-0.2, -0.15) is 0 Å². The van der Waals surface area contributed by atoms with Gasteiger partial charge in [0.1, 0.15) is 0 Å². The zero-order valence-corrected chi connectivity index (χ0v) is 12.5. The summed E-state index contributed by atoms with van der Waals surface area (Å²) in [6.45, 7) is 4.26. The highest BCUT2D eigenvalue weighted by atomic mass is 35.5. The van der Waals surface area contributed by atoms with Gasteiger partial charge in [-0.3, -0.25) is 0 Å². The predicted molar refractivity (Wildman–Crippen MR) is 87.6 cm³/mol. The van der Waals surface area contributed by atoms with Crippen molar-refractivity contribution in [1.29, 1.82) is 0 Å². The first-order valence-electron chi connectivity index (χ1n) is 6.85. The third-order valence-electron chi connectivity index (χ3n) is 3.92. The van der Waals surface area contributed by atoms with Gasteiger partial charge in [-0.1, -0.05) is 60.7 Å². The molecule has 0 radical (unpaired) electrons. The summed E-state index contributed by atoms with van der Waals surface area (Å²) in [7, 11) is 0. The molecule has 0 aliphatic carbocycles. The van der Waals surface area contributed by atoms with Crippen LogP contribution >= 0.6 is 11.6 Å². The van der Waals surface area contributed by atoms with Gasteiger partial charge >= 0.3 is 0 Å². The molecule has 0 heterocycles. The molecule has 0 nitrogen and oxygen atoms in total. The van der Waals surface area contributed by atoms with Crippen molar-refractivity contribution in [3.8, 4) is 0 Å². The molecule has 0 saturated carbocycles. The Labute approximate surface area is 125 Å². The van der Waals surface area contributed by atoms with Gasteiger partial charge < -0.3 is 0 Å². The van der Waals surface area contributed by atoms with Gasteiger partial charge in [0.05, 0.1) is 5.38 Å². The Bertz CT molecular complexity index is 753. The molecule has 3 aromatic rings. The van der Waals surface area contributed by atoms with Gasteiger partial charge in [0.15, 0.2) is 0 Å². The first-order chi connectivity index (χ1) is 9.66. The maximum absolute atomic E-state index is 6.73. The fourth-order valence-electron chi connectivity index (χ4n) is 2.57. The predicted octanol–water partition coefficient (Wildman–Crippen LogP) is 5.78. The van der Waals surface area contributed by atoms with Crippen molar-refractivity contribution >= 4 is 22.4 Å². The monoisotopic (exact) mass is 280 g/mol. The molecule has 0 aliphatic rings. The lowest BCUT2D eigenvalue weighted by atomic mass is 9.96. The largest absolute Gasteiger partial charge is 0.113 e. The Kier molecular flexibility index (Phi) is 3.50. The summed E-state index contributed by atoms with van der Waals surface area (Å²) in [5, 5.41) is 2.35. The minimum Gasteiger partial charge on any atom is -0.113 e. The number of hydrogen-bond donors (Lipinski definition) is 0. The van der Waals surface area contributed by atoms with E-state index in [4.69, 9.17) is 11.6 Å². The fraction of sp³-hybridized carbons (Fsp3) is 0.158. The molecule has 0 bridgehead atoms. The highest BCUT2D eigenvalue weighted by Gasteiger charge is 2.14. The van der Waals surface area contributed by atoms with Gasteiger partial charge in [-0.05, 0) is 46.9 Å². The van der Waals surface area contributed by atoms with Crippen molar-refractivity contribution in [3.63, 3.8) is 0 Å². The normalized spacial score (nSPS) is 12.6. The molecule has 100 valence electrons. The van der Waals surface area contributed by atoms with Crippen LogP contribution in [0, 0.1) is 13.8 Å². The van der Waals surface area contributed by atoms with Gasteiger partial charge in [0, 0.05) is 0 Å². The summed E-state index contributed by atoms with van der Waals surface area (Å²) < 4.78 is 0. The zero-order chi connectivity index (χ0) is 14.1. The summed E-state index contributed by atoms with van der Waals surface area (Å²) in [6.07, 6.45) is 0. The molecule has 1 atom stereocenters. The number of halogens is 1. The number of fused-ring (bicyclic) bond motifs is 1. The standard InChI is InChI=1S/C19H17Cl/c1-13-10-11-16(12-14(13)2)19(20)18-9-5-7-15-6-3-4-8-17(15)18/h3-12,19H,1-2H3. The van der Waals surface area contributed by atoms with E-state index < -0.39 is 0 Å². The van der Waals surface area contributed by atoms with Gasteiger partial charge in [-0.15, -0.1) is 11.6 Å². The van der Waals surface area contributed by atoms with Gasteiger partial charge in [0.2, 0.25) is 0 Å². The van der Waals surface area contributed by atoms with Crippen LogP contribution in [0.1, 0.15) is 27.6 Å². The maximum atomic E-state index is 6.73. The third kappa shape index (κ3) is 2.32. The highest BCUT2D eigenvalue weighted by Crippen LogP contribution is 2.34. The summed E-state index contributed by atoms with van der Waals surface area (Å²) in [5.41, 5.74) is 4.92. The van der Waals surface area contributed by atoms with E-state index in [-0.39, 0.29) is 5.38 Å². The summed E-state index contributed by atoms with van der Waals surface area (Å²) >= 11 is 6.73.